The maximum atomic E-state index is 0. The maximum Gasteiger partial charge on any atom is 0 e. The number of hydrogen-bond acceptors (Lipinski definition) is 0. The van der Waals surface area contributed by atoms with E-state index in [2.05, 4.69) is 0 Å². The molecule has 0 saturated carbocycles. The van der Waals surface area contributed by atoms with Crippen molar-refractivity contribution >= 4 is 48.9 Å². The minimum atomic E-state index is 0. The molecular weight excluding hydrogens is 458 g/mol. The van der Waals surface area contributed by atoms with Gasteiger partial charge in [-0.2, -0.15) is 0 Å². The molecule has 0 heterocycles. The van der Waals surface area contributed by atoms with Gasteiger partial charge >= 0.3 is 48.9 Å². The third kappa shape index (κ3) is 10.0. The molecule has 0 rings (SSSR count). The van der Waals surface area contributed by atoms with Crippen LogP contribution >= 0.6 is 0 Å². The van der Waals surface area contributed by atoms with Crippen molar-refractivity contribution in [3.05, 3.63) is 0 Å². The first kappa shape index (κ1) is 23.1. The zero-order valence-corrected chi connectivity index (χ0v) is 10.0. The smallest absolute Gasteiger partial charge is 0 e. The monoisotopic (exact) mass is 459 g/mol. The summed E-state index contributed by atoms with van der Waals surface area (Å²) in [6.07, 6.45) is 0. The van der Waals surface area contributed by atoms with Gasteiger partial charge in [0.15, 0.2) is 0 Å². The molecule has 0 saturated heterocycles. The van der Waals surface area contributed by atoms with Gasteiger partial charge in [-0.25, -0.2) is 0 Å². The van der Waals surface area contributed by atoms with Gasteiger partial charge in [0.25, 0.3) is 0 Å². The second kappa shape index (κ2) is 15.7. The predicted octanol–water partition coefficient (Wildman–Crippen LogP) is -0.921. The Morgan fingerprint density at radius 2 is 1.00 bits per heavy atom. The second-order valence-corrected chi connectivity index (χ2v) is 0. The van der Waals surface area contributed by atoms with Crippen molar-refractivity contribution in [2.75, 3.05) is 0 Å². The van der Waals surface area contributed by atoms with Crippen LogP contribution in [0.1, 0.15) is 0 Å². The van der Waals surface area contributed by atoms with Gasteiger partial charge in [0, 0.05) is 101 Å². The molecule has 0 N–H and O–H groups in total. The van der Waals surface area contributed by atoms with Gasteiger partial charge in [-0.1, -0.05) is 0 Å². The molecule has 0 spiro atoms. The largest absolute Gasteiger partial charge is 0 e. The summed E-state index contributed by atoms with van der Waals surface area (Å²) in [7, 11) is 0. The van der Waals surface area contributed by atoms with Crippen LogP contribution in [0.25, 0.3) is 0 Å². The van der Waals surface area contributed by atoms with Crippen molar-refractivity contribution in [1.29, 1.82) is 0 Å². The van der Waals surface area contributed by atoms with Crippen molar-refractivity contribution in [2.24, 2.45) is 0 Å². The number of rotatable bonds is 0. The van der Waals surface area contributed by atoms with Crippen molar-refractivity contribution < 1.29 is 101 Å². The summed E-state index contributed by atoms with van der Waals surface area (Å²) in [6, 6.07) is 0. The van der Waals surface area contributed by atoms with E-state index in [1.165, 1.54) is 0 Å². The fourth-order valence-electron chi connectivity index (χ4n) is 0. The molecule has 0 aliphatic heterocycles. The van der Waals surface area contributed by atoms with E-state index in [1.807, 2.05) is 0 Å². The third-order valence-corrected chi connectivity index (χ3v) is 0. The van der Waals surface area contributed by atoms with Gasteiger partial charge in [-0.05, 0) is 0 Å². The Morgan fingerprint density at radius 1 is 1.00 bits per heavy atom. The molecule has 0 bridgehead atoms. The normalized spacial score (nSPS) is 0. The Labute approximate surface area is 144 Å². The van der Waals surface area contributed by atoms with Gasteiger partial charge in [0.05, 0.1) is 0 Å². The molecular formula is H2BaCeYZr. The van der Waals surface area contributed by atoms with Crippen molar-refractivity contribution in [3.63, 3.8) is 0 Å². The van der Waals surface area contributed by atoms with Crippen LogP contribution in [-0.2, 0) is 58.9 Å². The Morgan fingerprint density at radius 3 is 1.00 bits per heavy atom. The molecule has 0 unspecified atom stereocenters. The summed E-state index contributed by atoms with van der Waals surface area (Å²) in [6.45, 7) is 0. The van der Waals surface area contributed by atoms with Crippen LogP contribution in [0.4, 0.5) is 0 Å². The third-order valence-electron chi connectivity index (χ3n) is 0. The second-order valence-electron chi connectivity index (χ2n) is 0. The Hall–Kier alpha value is 4.94. The first-order valence-corrected chi connectivity index (χ1v) is 0. The van der Waals surface area contributed by atoms with Crippen LogP contribution in [-0.4, -0.2) is 48.9 Å². The molecule has 15 valence electrons. The first-order chi connectivity index (χ1) is 0. The molecule has 0 aromatic heterocycles. The van der Waals surface area contributed by atoms with Crippen molar-refractivity contribution in [1.82, 2.24) is 0 Å². The minimum Gasteiger partial charge on any atom is 0 e. The average molecular weight is 460 g/mol. The topological polar surface area (TPSA) is 0 Å². The van der Waals surface area contributed by atoms with Crippen LogP contribution < -0.4 is 0 Å². The van der Waals surface area contributed by atoms with Gasteiger partial charge in [-0.15, -0.1) is 0 Å². The molecule has 0 aromatic carbocycles. The van der Waals surface area contributed by atoms with E-state index in [9.17, 15) is 0 Å². The summed E-state index contributed by atoms with van der Waals surface area (Å²) >= 11 is 0. The van der Waals surface area contributed by atoms with Gasteiger partial charge in [0.1, 0.15) is 0 Å². The molecule has 0 atom stereocenters. The van der Waals surface area contributed by atoms with Crippen LogP contribution in [0, 0.1) is 41.7 Å². The zero-order chi connectivity index (χ0) is 0. The fraction of sp³-hybridized carbons (Fsp3) is 0. The van der Waals surface area contributed by atoms with Crippen LogP contribution in [0.3, 0.4) is 0 Å². The fourth-order valence-corrected chi connectivity index (χ4v) is 0. The van der Waals surface area contributed by atoms with E-state index >= 15 is 0 Å². The van der Waals surface area contributed by atoms with Crippen molar-refractivity contribution in [2.45, 2.75) is 0 Å². The average Bonchev–Trinajstić information content (AvgIpc) is 0. The van der Waals surface area contributed by atoms with Crippen molar-refractivity contribution in [3.8, 4) is 0 Å². The van der Waals surface area contributed by atoms with Gasteiger partial charge in [-0.3, -0.25) is 0 Å². The molecule has 0 nitrogen and oxygen atoms in total. The molecule has 0 fully saturated rings. The van der Waals surface area contributed by atoms with E-state index in [-0.39, 0.29) is 150 Å². The summed E-state index contributed by atoms with van der Waals surface area (Å²) in [5.41, 5.74) is 0. The van der Waals surface area contributed by atoms with Crippen LogP contribution in [0.2, 0.25) is 0 Å². The van der Waals surface area contributed by atoms with E-state index in [0.29, 0.717) is 0 Å². The Kier molecular flexibility index (Phi) is 90.5. The standard InChI is InChI=1S/Ba.Ce.Y.Zr.2H. The Bertz CT molecular complexity index is 8.00. The summed E-state index contributed by atoms with van der Waals surface area (Å²) in [5, 5.41) is 0. The predicted molar refractivity (Wildman–Crippen MR) is 8.54 cm³/mol. The van der Waals surface area contributed by atoms with E-state index < -0.39 is 0 Å². The minimum absolute atomic E-state index is 0. The maximum absolute atomic E-state index is 0. The SMILES string of the molecule is [BaH2].[Ce].[Y].[Zr]. The van der Waals surface area contributed by atoms with E-state index in [0.717, 1.165) is 0 Å². The molecule has 0 amide bonds. The van der Waals surface area contributed by atoms with Crippen LogP contribution in [0.5, 0.6) is 0 Å². The van der Waals surface area contributed by atoms with Gasteiger partial charge < -0.3 is 0 Å². The van der Waals surface area contributed by atoms with E-state index in [4.69, 9.17) is 0 Å². The summed E-state index contributed by atoms with van der Waals surface area (Å²) in [5.74, 6) is 0. The summed E-state index contributed by atoms with van der Waals surface area (Å²) in [4.78, 5) is 0. The number of hydrogen-bond donors (Lipinski definition) is 0. The molecule has 1 radical (unpaired) electrons. The molecule has 0 aliphatic carbocycles. The quantitative estimate of drug-likeness (QED) is 0.411. The van der Waals surface area contributed by atoms with Crippen LogP contribution in [0.15, 0.2) is 0 Å². The van der Waals surface area contributed by atoms with E-state index in [1.54, 1.807) is 0 Å². The first-order valence-electron chi connectivity index (χ1n) is 0. The molecule has 0 aromatic rings. The summed E-state index contributed by atoms with van der Waals surface area (Å²) < 4.78 is 0. The van der Waals surface area contributed by atoms with Gasteiger partial charge in [0.2, 0.25) is 0 Å². The molecule has 0 aliphatic rings. The zero-order valence-electron chi connectivity index (χ0n) is 1.58. The molecule has 4 heavy (non-hydrogen) atoms. The molecule has 4 heteroatoms. The Balaban J connectivity index is 0.